The van der Waals surface area contributed by atoms with Crippen LogP contribution in [0.5, 0.6) is 0 Å². The first-order chi connectivity index (χ1) is 14.8. The van der Waals surface area contributed by atoms with Gasteiger partial charge < -0.3 is 10.2 Å². The molecule has 1 amide bonds. The number of nitrogens with zero attached hydrogens (tertiary/aromatic N) is 4. The first kappa shape index (κ1) is 18.4. The van der Waals surface area contributed by atoms with Crippen molar-refractivity contribution in [3.8, 4) is 5.95 Å². The molecule has 6 heteroatoms. The molecule has 0 saturated carbocycles. The van der Waals surface area contributed by atoms with Gasteiger partial charge in [0, 0.05) is 48.8 Å². The third-order valence-electron chi connectivity index (χ3n) is 5.66. The maximum absolute atomic E-state index is 13.6. The number of likely N-dealkylation sites (tertiary alicyclic amines) is 1. The number of nitrogens with one attached hydrogen (secondary N) is 1. The molecule has 1 atom stereocenters. The van der Waals surface area contributed by atoms with Crippen LogP contribution in [-0.4, -0.2) is 44.5 Å². The van der Waals surface area contributed by atoms with Crippen molar-refractivity contribution in [2.75, 3.05) is 18.4 Å². The molecule has 1 N–H and O–H groups in total. The van der Waals surface area contributed by atoms with E-state index in [4.69, 9.17) is 0 Å². The SMILES string of the molecule is O=C(c1cn(-c2ncccn2)c2ccccc12)N1CCCC1CNc1ccccc1. The molecule has 150 valence electrons. The lowest BCUT2D eigenvalue weighted by Gasteiger charge is -2.25. The summed E-state index contributed by atoms with van der Waals surface area (Å²) in [6.45, 7) is 1.53. The van der Waals surface area contributed by atoms with Gasteiger partial charge in [-0.25, -0.2) is 9.97 Å². The van der Waals surface area contributed by atoms with Crippen molar-refractivity contribution >= 4 is 22.5 Å². The number of rotatable bonds is 5. The van der Waals surface area contributed by atoms with E-state index in [0.717, 1.165) is 42.5 Å². The molecule has 3 heterocycles. The Morgan fingerprint density at radius 1 is 1.00 bits per heavy atom. The molecule has 5 rings (SSSR count). The van der Waals surface area contributed by atoms with Crippen LogP contribution < -0.4 is 5.32 Å². The molecule has 2 aromatic carbocycles. The number of aromatic nitrogens is 3. The van der Waals surface area contributed by atoms with Crippen LogP contribution in [0.3, 0.4) is 0 Å². The average molecular weight is 397 g/mol. The first-order valence-electron chi connectivity index (χ1n) is 10.3. The second kappa shape index (κ2) is 7.99. The van der Waals surface area contributed by atoms with Crippen LogP contribution in [0.4, 0.5) is 5.69 Å². The Morgan fingerprint density at radius 3 is 2.60 bits per heavy atom. The predicted molar refractivity (Wildman–Crippen MR) is 118 cm³/mol. The lowest BCUT2D eigenvalue weighted by molar-refractivity contribution is 0.0745. The summed E-state index contributed by atoms with van der Waals surface area (Å²) in [7, 11) is 0. The van der Waals surface area contributed by atoms with Gasteiger partial charge in [-0.2, -0.15) is 0 Å². The molecule has 0 bridgehead atoms. The molecule has 6 nitrogen and oxygen atoms in total. The minimum absolute atomic E-state index is 0.0678. The van der Waals surface area contributed by atoms with Gasteiger partial charge in [0.05, 0.1) is 11.1 Å². The lowest BCUT2D eigenvalue weighted by atomic mass is 10.1. The predicted octanol–water partition coefficient (Wildman–Crippen LogP) is 4.14. The summed E-state index contributed by atoms with van der Waals surface area (Å²) in [5, 5.41) is 4.40. The zero-order chi connectivity index (χ0) is 20.3. The van der Waals surface area contributed by atoms with Crippen LogP contribution in [0.2, 0.25) is 0 Å². The zero-order valence-electron chi connectivity index (χ0n) is 16.6. The zero-order valence-corrected chi connectivity index (χ0v) is 16.6. The topological polar surface area (TPSA) is 63.1 Å². The minimum Gasteiger partial charge on any atom is -0.383 e. The van der Waals surface area contributed by atoms with Crippen LogP contribution in [0.1, 0.15) is 23.2 Å². The van der Waals surface area contributed by atoms with Gasteiger partial charge in [0.25, 0.3) is 5.91 Å². The molecule has 1 fully saturated rings. The molecule has 0 radical (unpaired) electrons. The molecule has 30 heavy (non-hydrogen) atoms. The molecule has 0 spiro atoms. The van der Waals surface area contributed by atoms with Gasteiger partial charge in [0.15, 0.2) is 0 Å². The summed E-state index contributed by atoms with van der Waals surface area (Å²) in [6.07, 6.45) is 7.33. The lowest BCUT2D eigenvalue weighted by Crippen LogP contribution is -2.39. The number of carbonyl (C=O) groups is 1. The third-order valence-corrected chi connectivity index (χ3v) is 5.66. The van der Waals surface area contributed by atoms with Crippen molar-refractivity contribution in [3.05, 3.63) is 84.8 Å². The quantitative estimate of drug-likeness (QED) is 0.550. The summed E-state index contributed by atoms with van der Waals surface area (Å²) >= 11 is 0. The molecular weight excluding hydrogens is 374 g/mol. The van der Waals surface area contributed by atoms with Crippen molar-refractivity contribution in [3.63, 3.8) is 0 Å². The highest BCUT2D eigenvalue weighted by molar-refractivity contribution is 6.07. The number of carbonyl (C=O) groups excluding carboxylic acids is 1. The van der Waals surface area contributed by atoms with E-state index in [1.165, 1.54) is 0 Å². The summed E-state index contributed by atoms with van der Waals surface area (Å²) in [6, 6.07) is 20.0. The summed E-state index contributed by atoms with van der Waals surface area (Å²) in [5.41, 5.74) is 2.71. The van der Waals surface area contributed by atoms with Crippen molar-refractivity contribution in [1.82, 2.24) is 19.4 Å². The molecule has 1 saturated heterocycles. The van der Waals surface area contributed by atoms with Gasteiger partial charge in [-0.3, -0.25) is 9.36 Å². The normalized spacial score (nSPS) is 16.1. The van der Waals surface area contributed by atoms with E-state index in [2.05, 4.69) is 27.4 Å². The van der Waals surface area contributed by atoms with E-state index in [-0.39, 0.29) is 11.9 Å². The van der Waals surface area contributed by atoms with Gasteiger partial charge in [-0.05, 0) is 37.1 Å². The van der Waals surface area contributed by atoms with Gasteiger partial charge in [0.1, 0.15) is 0 Å². The number of hydrogen-bond donors (Lipinski definition) is 1. The number of para-hydroxylation sites is 2. The number of anilines is 1. The molecule has 4 aromatic rings. The van der Waals surface area contributed by atoms with Crippen LogP contribution in [-0.2, 0) is 0 Å². The number of hydrogen-bond acceptors (Lipinski definition) is 4. The second-order valence-corrected chi connectivity index (χ2v) is 7.52. The van der Waals surface area contributed by atoms with E-state index < -0.39 is 0 Å². The maximum Gasteiger partial charge on any atom is 0.256 e. The Hall–Kier alpha value is -3.67. The highest BCUT2D eigenvalue weighted by Gasteiger charge is 2.31. The van der Waals surface area contributed by atoms with Crippen molar-refractivity contribution < 1.29 is 4.79 Å². The smallest absolute Gasteiger partial charge is 0.256 e. The number of benzene rings is 2. The van der Waals surface area contributed by atoms with Crippen LogP contribution in [0.25, 0.3) is 16.9 Å². The average Bonchev–Trinajstić information content (AvgIpc) is 3.44. The van der Waals surface area contributed by atoms with E-state index in [0.29, 0.717) is 11.5 Å². The Balaban J connectivity index is 1.44. The van der Waals surface area contributed by atoms with E-state index in [1.807, 2.05) is 58.1 Å². The van der Waals surface area contributed by atoms with Gasteiger partial charge in [0.2, 0.25) is 5.95 Å². The van der Waals surface area contributed by atoms with Gasteiger partial charge in [-0.15, -0.1) is 0 Å². The van der Waals surface area contributed by atoms with Crippen LogP contribution >= 0.6 is 0 Å². The number of fused-ring (bicyclic) bond motifs is 1. The standard InChI is InChI=1S/C24H23N5O/c30-23(28-15-6-10-19(28)16-27-18-8-2-1-3-9-18)21-17-29(24-25-13-7-14-26-24)22-12-5-4-11-20(21)22/h1-5,7-9,11-14,17,19,27H,6,10,15-16H2. The molecule has 2 aromatic heterocycles. The Kier molecular flexibility index (Phi) is 4.89. The molecular formula is C24H23N5O. The van der Waals surface area contributed by atoms with E-state index in [9.17, 15) is 4.79 Å². The molecule has 0 aliphatic carbocycles. The van der Waals surface area contributed by atoms with Gasteiger partial charge >= 0.3 is 0 Å². The van der Waals surface area contributed by atoms with E-state index >= 15 is 0 Å². The molecule has 1 aliphatic rings. The maximum atomic E-state index is 13.6. The summed E-state index contributed by atoms with van der Waals surface area (Å²) in [5.74, 6) is 0.634. The minimum atomic E-state index is 0.0678. The summed E-state index contributed by atoms with van der Waals surface area (Å²) in [4.78, 5) is 24.3. The largest absolute Gasteiger partial charge is 0.383 e. The Bertz CT molecular complexity index is 1160. The van der Waals surface area contributed by atoms with Crippen LogP contribution in [0.15, 0.2) is 79.3 Å². The monoisotopic (exact) mass is 397 g/mol. The Labute approximate surface area is 175 Å². The third kappa shape index (κ3) is 3.41. The second-order valence-electron chi connectivity index (χ2n) is 7.52. The van der Waals surface area contributed by atoms with Crippen molar-refractivity contribution in [2.24, 2.45) is 0 Å². The van der Waals surface area contributed by atoms with Gasteiger partial charge in [-0.1, -0.05) is 36.4 Å². The fourth-order valence-corrected chi connectivity index (χ4v) is 4.19. The fourth-order valence-electron chi connectivity index (χ4n) is 4.19. The highest BCUT2D eigenvalue weighted by atomic mass is 16.2. The van der Waals surface area contributed by atoms with Crippen LogP contribution in [0, 0.1) is 0 Å². The summed E-state index contributed by atoms with van der Waals surface area (Å²) < 4.78 is 1.90. The molecule has 1 unspecified atom stereocenters. The highest BCUT2D eigenvalue weighted by Crippen LogP contribution is 2.28. The Morgan fingerprint density at radius 2 is 1.77 bits per heavy atom. The van der Waals surface area contributed by atoms with Crippen molar-refractivity contribution in [2.45, 2.75) is 18.9 Å². The molecule has 1 aliphatic heterocycles. The number of amides is 1. The first-order valence-corrected chi connectivity index (χ1v) is 10.3. The van der Waals surface area contributed by atoms with Crippen molar-refractivity contribution in [1.29, 1.82) is 0 Å². The fraction of sp³-hybridized carbons (Fsp3) is 0.208. The van der Waals surface area contributed by atoms with E-state index in [1.54, 1.807) is 18.5 Å².